The molecule has 1 aliphatic carbocycles. The lowest BCUT2D eigenvalue weighted by Gasteiger charge is -2.32. The molecule has 1 amide bonds. The van der Waals surface area contributed by atoms with E-state index in [1.54, 1.807) is 6.26 Å². The van der Waals surface area contributed by atoms with Crippen LogP contribution < -0.4 is 5.32 Å². The van der Waals surface area contributed by atoms with Crippen LogP contribution >= 0.6 is 0 Å². The Hall–Kier alpha value is -2.07. The van der Waals surface area contributed by atoms with E-state index >= 15 is 0 Å². The number of rotatable bonds is 6. The summed E-state index contributed by atoms with van der Waals surface area (Å²) in [5, 5.41) is 3.18. The van der Waals surface area contributed by atoms with Gasteiger partial charge in [0.25, 0.3) is 0 Å². The molecular formula is C21H26N2O2. The van der Waals surface area contributed by atoms with Gasteiger partial charge in [0, 0.05) is 31.5 Å². The lowest BCUT2D eigenvalue weighted by Crippen LogP contribution is -2.41. The topological polar surface area (TPSA) is 45.5 Å². The number of piperidine rings is 1. The third kappa shape index (κ3) is 4.13. The number of nitrogens with one attached hydrogen (secondary N) is 1. The third-order valence-electron chi connectivity index (χ3n) is 5.45. The van der Waals surface area contributed by atoms with Gasteiger partial charge in [0.05, 0.1) is 6.26 Å². The number of furan rings is 1. The molecule has 25 heavy (non-hydrogen) atoms. The molecule has 132 valence electrons. The van der Waals surface area contributed by atoms with Crippen LogP contribution in [0.15, 0.2) is 53.1 Å². The Labute approximate surface area is 149 Å². The minimum absolute atomic E-state index is 0.107. The van der Waals surface area contributed by atoms with Crippen molar-refractivity contribution in [3.63, 3.8) is 0 Å². The van der Waals surface area contributed by atoms with Crippen molar-refractivity contribution in [2.75, 3.05) is 19.6 Å². The zero-order valence-electron chi connectivity index (χ0n) is 14.6. The Morgan fingerprint density at radius 2 is 2.08 bits per heavy atom. The van der Waals surface area contributed by atoms with Crippen molar-refractivity contribution in [3.05, 3.63) is 60.1 Å². The average Bonchev–Trinajstić information content (AvgIpc) is 3.26. The van der Waals surface area contributed by atoms with E-state index in [0.29, 0.717) is 5.92 Å². The molecule has 2 fully saturated rings. The van der Waals surface area contributed by atoms with E-state index in [0.717, 1.165) is 38.4 Å². The number of carbonyl (C=O) groups excluding carboxylic acids is 1. The van der Waals surface area contributed by atoms with E-state index in [2.05, 4.69) is 40.5 Å². The fraction of sp³-hybridized carbons (Fsp3) is 0.476. The van der Waals surface area contributed by atoms with E-state index in [1.165, 1.54) is 18.4 Å². The van der Waals surface area contributed by atoms with Crippen LogP contribution in [0.4, 0.5) is 0 Å². The van der Waals surface area contributed by atoms with Crippen molar-refractivity contribution in [2.45, 2.75) is 31.7 Å². The Kier molecular flexibility index (Phi) is 4.88. The van der Waals surface area contributed by atoms with Gasteiger partial charge < -0.3 is 9.73 Å². The number of amides is 1. The SMILES string of the molecule is O=C(NC[C@@H]1CCCN(Cc2ccccc2)C1)[C@H]1C[C@@H]1c1ccco1. The molecule has 0 unspecified atom stereocenters. The monoisotopic (exact) mass is 338 g/mol. The maximum Gasteiger partial charge on any atom is 0.223 e. The van der Waals surface area contributed by atoms with E-state index in [4.69, 9.17) is 4.42 Å². The van der Waals surface area contributed by atoms with Crippen molar-refractivity contribution >= 4 is 5.91 Å². The van der Waals surface area contributed by atoms with Crippen LogP contribution in [0.5, 0.6) is 0 Å². The molecule has 3 atom stereocenters. The van der Waals surface area contributed by atoms with Crippen LogP contribution in [-0.2, 0) is 11.3 Å². The second-order valence-corrected chi connectivity index (χ2v) is 7.44. The Morgan fingerprint density at radius 1 is 1.20 bits per heavy atom. The highest BCUT2D eigenvalue weighted by molar-refractivity contribution is 5.82. The summed E-state index contributed by atoms with van der Waals surface area (Å²) in [6.45, 7) is 4.03. The summed E-state index contributed by atoms with van der Waals surface area (Å²) < 4.78 is 5.42. The summed E-state index contributed by atoms with van der Waals surface area (Å²) in [7, 11) is 0. The van der Waals surface area contributed by atoms with Crippen LogP contribution in [0.25, 0.3) is 0 Å². The highest BCUT2D eigenvalue weighted by Gasteiger charge is 2.45. The molecule has 1 aromatic heterocycles. The first-order chi connectivity index (χ1) is 12.3. The smallest absolute Gasteiger partial charge is 0.223 e. The molecule has 2 heterocycles. The van der Waals surface area contributed by atoms with Gasteiger partial charge in [0.2, 0.25) is 5.91 Å². The zero-order valence-corrected chi connectivity index (χ0v) is 14.6. The molecule has 1 saturated heterocycles. The van der Waals surface area contributed by atoms with Gasteiger partial charge in [-0.3, -0.25) is 9.69 Å². The van der Waals surface area contributed by atoms with Crippen LogP contribution in [0, 0.1) is 11.8 Å². The van der Waals surface area contributed by atoms with Crippen molar-refractivity contribution in [2.24, 2.45) is 11.8 Å². The van der Waals surface area contributed by atoms with Crippen molar-refractivity contribution in [1.82, 2.24) is 10.2 Å². The van der Waals surface area contributed by atoms with E-state index in [-0.39, 0.29) is 17.7 Å². The van der Waals surface area contributed by atoms with Gasteiger partial charge in [-0.25, -0.2) is 0 Å². The Balaban J connectivity index is 1.22. The number of benzene rings is 1. The maximum absolute atomic E-state index is 12.4. The number of carbonyl (C=O) groups is 1. The first kappa shape index (κ1) is 16.4. The quantitative estimate of drug-likeness (QED) is 0.878. The number of hydrogen-bond acceptors (Lipinski definition) is 3. The predicted molar refractivity (Wildman–Crippen MR) is 97.0 cm³/mol. The second kappa shape index (κ2) is 7.44. The number of hydrogen-bond donors (Lipinski definition) is 1. The molecule has 1 saturated carbocycles. The first-order valence-electron chi connectivity index (χ1n) is 9.37. The molecule has 0 spiro atoms. The molecule has 0 radical (unpaired) electrons. The fourth-order valence-corrected chi connectivity index (χ4v) is 3.98. The summed E-state index contributed by atoms with van der Waals surface area (Å²) in [6, 6.07) is 14.5. The normalized spacial score (nSPS) is 26.3. The lowest BCUT2D eigenvalue weighted by molar-refractivity contribution is -0.122. The molecule has 4 rings (SSSR count). The second-order valence-electron chi connectivity index (χ2n) is 7.44. The fourth-order valence-electron chi connectivity index (χ4n) is 3.98. The van der Waals surface area contributed by atoms with E-state index in [1.807, 2.05) is 12.1 Å². The highest BCUT2D eigenvalue weighted by atomic mass is 16.3. The molecule has 4 nitrogen and oxygen atoms in total. The van der Waals surface area contributed by atoms with Gasteiger partial charge in [-0.15, -0.1) is 0 Å². The predicted octanol–water partition coefficient (Wildman–Crippen LogP) is 3.41. The molecule has 1 aliphatic heterocycles. The number of nitrogens with zero attached hydrogens (tertiary/aromatic N) is 1. The zero-order chi connectivity index (χ0) is 17.1. The highest BCUT2D eigenvalue weighted by Crippen LogP contribution is 2.47. The van der Waals surface area contributed by atoms with Crippen LogP contribution in [-0.4, -0.2) is 30.4 Å². The summed E-state index contributed by atoms with van der Waals surface area (Å²) in [5.41, 5.74) is 1.37. The van der Waals surface area contributed by atoms with Crippen LogP contribution in [0.2, 0.25) is 0 Å². The minimum atomic E-state index is 0.107. The van der Waals surface area contributed by atoms with Gasteiger partial charge >= 0.3 is 0 Å². The summed E-state index contributed by atoms with van der Waals surface area (Å²) in [5.74, 6) is 2.10. The van der Waals surface area contributed by atoms with Crippen LogP contribution in [0.3, 0.4) is 0 Å². The van der Waals surface area contributed by atoms with E-state index in [9.17, 15) is 4.79 Å². The maximum atomic E-state index is 12.4. The van der Waals surface area contributed by atoms with Gasteiger partial charge in [0.15, 0.2) is 0 Å². The van der Waals surface area contributed by atoms with Gasteiger partial charge in [-0.1, -0.05) is 30.3 Å². The summed E-state index contributed by atoms with van der Waals surface area (Å²) >= 11 is 0. The molecule has 2 aliphatic rings. The lowest BCUT2D eigenvalue weighted by atomic mass is 9.97. The Bertz CT molecular complexity index is 683. The molecule has 0 bridgehead atoms. The molecular weight excluding hydrogens is 312 g/mol. The van der Waals surface area contributed by atoms with Crippen molar-refractivity contribution in [3.8, 4) is 0 Å². The molecule has 2 aromatic rings. The van der Waals surface area contributed by atoms with E-state index < -0.39 is 0 Å². The molecule has 1 aromatic carbocycles. The molecule has 1 N–H and O–H groups in total. The summed E-state index contributed by atoms with van der Waals surface area (Å²) in [4.78, 5) is 14.9. The molecule has 4 heteroatoms. The first-order valence-corrected chi connectivity index (χ1v) is 9.37. The minimum Gasteiger partial charge on any atom is -0.469 e. The third-order valence-corrected chi connectivity index (χ3v) is 5.45. The number of likely N-dealkylation sites (tertiary alicyclic amines) is 1. The van der Waals surface area contributed by atoms with Crippen molar-refractivity contribution in [1.29, 1.82) is 0 Å². The van der Waals surface area contributed by atoms with Gasteiger partial charge in [0.1, 0.15) is 5.76 Å². The Morgan fingerprint density at radius 3 is 2.88 bits per heavy atom. The van der Waals surface area contributed by atoms with Gasteiger partial charge in [-0.05, 0) is 49.4 Å². The standard InChI is InChI=1S/C21H26N2O2/c24-21(19-12-18(19)20-9-5-11-25-20)22-13-17-8-4-10-23(15-17)14-16-6-2-1-3-7-16/h1-3,5-7,9,11,17-19H,4,8,10,12-15H2,(H,22,24)/t17-,18-,19-/m0/s1. The van der Waals surface area contributed by atoms with Gasteiger partial charge in [-0.2, -0.15) is 0 Å². The summed E-state index contributed by atoms with van der Waals surface area (Å²) in [6.07, 6.45) is 5.03. The average molecular weight is 338 g/mol. The van der Waals surface area contributed by atoms with Crippen molar-refractivity contribution < 1.29 is 9.21 Å². The van der Waals surface area contributed by atoms with Crippen LogP contribution in [0.1, 0.15) is 36.5 Å². The largest absolute Gasteiger partial charge is 0.469 e.